The van der Waals surface area contributed by atoms with Crippen molar-refractivity contribution >= 4 is 23.3 Å². The third-order valence-corrected chi connectivity index (χ3v) is 6.44. The minimum Gasteiger partial charge on any atom is -0.441 e. The molecule has 1 N–H and O–H groups in total. The number of cyclic esters (lactones) is 1. The lowest BCUT2D eigenvalue weighted by Gasteiger charge is -2.38. The zero-order valence-electron chi connectivity index (χ0n) is 16.1. The van der Waals surface area contributed by atoms with Crippen molar-refractivity contribution in [2.75, 3.05) is 0 Å². The van der Waals surface area contributed by atoms with Crippen LogP contribution in [-0.2, 0) is 4.74 Å². The summed E-state index contributed by atoms with van der Waals surface area (Å²) in [5.41, 5.74) is 0.520. The second kappa shape index (κ2) is 7.54. The molecular formula is C21H25N3O3S. The van der Waals surface area contributed by atoms with Crippen LogP contribution in [0.4, 0.5) is 4.79 Å². The highest BCUT2D eigenvalue weighted by atomic mass is 32.1. The van der Waals surface area contributed by atoms with E-state index < -0.39 is 5.60 Å². The van der Waals surface area contributed by atoms with Gasteiger partial charge in [-0.25, -0.2) is 9.78 Å². The Bertz CT molecular complexity index is 830. The quantitative estimate of drug-likeness (QED) is 0.838. The van der Waals surface area contributed by atoms with Gasteiger partial charge in [0.25, 0.3) is 5.91 Å². The first kappa shape index (κ1) is 18.9. The number of nitrogens with zero attached hydrogens (tertiary/aromatic N) is 2. The number of aromatic nitrogens is 1. The number of nitrogens with one attached hydrogen (secondary N) is 1. The van der Waals surface area contributed by atoms with Crippen molar-refractivity contribution in [3.05, 3.63) is 52.5 Å². The number of amides is 2. The topological polar surface area (TPSA) is 71.5 Å². The Morgan fingerprint density at radius 2 is 1.93 bits per heavy atom. The Kier molecular flexibility index (Phi) is 5.10. The van der Waals surface area contributed by atoms with Gasteiger partial charge in [0, 0.05) is 23.7 Å². The second-order valence-electron chi connectivity index (χ2n) is 8.01. The number of rotatable bonds is 4. The molecule has 148 valence electrons. The van der Waals surface area contributed by atoms with Crippen molar-refractivity contribution in [2.45, 2.75) is 63.3 Å². The summed E-state index contributed by atoms with van der Waals surface area (Å²) in [7, 11) is 0. The average molecular weight is 400 g/mol. The maximum atomic E-state index is 12.7. The van der Waals surface area contributed by atoms with Gasteiger partial charge in [-0.3, -0.25) is 9.69 Å². The summed E-state index contributed by atoms with van der Waals surface area (Å²) < 4.78 is 5.73. The van der Waals surface area contributed by atoms with E-state index in [1.54, 1.807) is 11.6 Å². The van der Waals surface area contributed by atoms with E-state index in [2.05, 4.69) is 22.4 Å². The van der Waals surface area contributed by atoms with Crippen molar-refractivity contribution in [2.24, 2.45) is 0 Å². The first-order chi connectivity index (χ1) is 13.5. The van der Waals surface area contributed by atoms with Crippen molar-refractivity contribution < 1.29 is 14.3 Å². The lowest BCUT2D eigenvalue weighted by atomic mass is 9.86. The van der Waals surface area contributed by atoms with Crippen molar-refractivity contribution in [1.82, 2.24) is 15.2 Å². The van der Waals surface area contributed by atoms with Gasteiger partial charge < -0.3 is 10.1 Å². The van der Waals surface area contributed by atoms with Gasteiger partial charge >= 0.3 is 6.09 Å². The molecule has 1 aliphatic carbocycles. The monoisotopic (exact) mass is 399 g/mol. The molecule has 1 unspecified atom stereocenters. The molecule has 7 heteroatoms. The van der Waals surface area contributed by atoms with Gasteiger partial charge in [-0.15, -0.1) is 11.3 Å². The maximum Gasteiger partial charge on any atom is 0.411 e. The summed E-state index contributed by atoms with van der Waals surface area (Å²) in [6.45, 7) is 3.95. The fraction of sp³-hybridized carbons (Fsp3) is 0.476. The van der Waals surface area contributed by atoms with E-state index in [0.717, 1.165) is 31.2 Å². The van der Waals surface area contributed by atoms with Crippen LogP contribution < -0.4 is 5.32 Å². The van der Waals surface area contributed by atoms with Gasteiger partial charge in [0.1, 0.15) is 5.60 Å². The SMILES string of the molecule is CC1(C)OC(=O)N(C2CCC(NC(=O)c3nccs3)CC2)C1c1ccccc1. The molecule has 4 rings (SSSR count). The Balaban J connectivity index is 1.44. The maximum absolute atomic E-state index is 12.7. The fourth-order valence-corrected chi connectivity index (χ4v) is 4.95. The third-order valence-electron chi connectivity index (χ3n) is 5.67. The summed E-state index contributed by atoms with van der Waals surface area (Å²) >= 11 is 1.35. The van der Waals surface area contributed by atoms with Crippen LogP contribution >= 0.6 is 11.3 Å². The van der Waals surface area contributed by atoms with Gasteiger partial charge in [0.2, 0.25) is 0 Å². The van der Waals surface area contributed by atoms with Crippen LogP contribution in [0.2, 0.25) is 0 Å². The molecule has 0 bridgehead atoms. The zero-order chi connectivity index (χ0) is 19.7. The van der Waals surface area contributed by atoms with Crippen molar-refractivity contribution in [1.29, 1.82) is 0 Å². The van der Waals surface area contributed by atoms with Crippen LogP contribution in [0.25, 0.3) is 0 Å². The highest BCUT2D eigenvalue weighted by Gasteiger charge is 2.51. The Hall–Kier alpha value is -2.41. The Morgan fingerprint density at radius 1 is 1.21 bits per heavy atom. The molecule has 2 amide bonds. The van der Waals surface area contributed by atoms with Crippen molar-refractivity contribution in [3.63, 3.8) is 0 Å². The molecular weight excluding hydrogens is 374 g/mol. The number of carbonyl (C=O) groups excluding carboxylic acids is 2. The van der Waals surface area contributed by atoms with Gasteiger partial charge in [-0.2, -0.15) is 0 Å². The Labute approximate surface area is 168 Å². The lowest BCUT2D eigenvalue weighted by molar-refractivity contribution is 0.0663. The van der Waals surface area contributed by atoms with E-state index in [1.807, 2.05) is 36.9 Å². The molecule has 2 heterocycles. The van der Waals surface area contributed by atoms with E-state index in [9.17, 15) is 9.59 Å². The molecule has 1 aromatic heterocycles. The molecule has 1 saturated heterocycles. The van der Waals surface area contributed by atoms with Crippen LogP contribution in [0.5, 0.6) is 0 Å². The molecule has 1 aromatic carbocycles. The molecule has 0 spiro atoms. The number of hydrogen-bond acceptors (Lipinski definition) is 5. The number of ether oxygens (including phenoxy) is 1. The molecule has 2 fully saturated rings. The standard InChI is InChI=1S/C21H25N3O3S/c1-21(2)17(14-6-4-3-5-7-14)24(20(26)27-21)16-10-8-15(9-11-16)23-18(25)19-22-12-13-28-19/h3-7,12-13,15-17H,8-11H2,1-2H3,(H,23,25). The van der Waals surface area contributed by atoms with E-state index in [4.69, 9.17) is 4.74 Å². The number of hydrogen-bond donors (Lipinski definition) is 1. The lowest BCUT2D eigenvalue weighted by Crippen LogP contribution is -2.46. The fourth-order valence-electron chi connectivity index (χ4n) is 4.41. The summed E-state index contributed by atoms with van der Waals surface area (Å²) in [6.07, 6.45) is 4.77. The van der Waals surface area contributed by atoms with Crippen LogP contribution in [0.15, 0.2) is 41.9 Å². The van der Waals surface area contributed by atoms with Crippen LogP contribution in [0.3, 0.4) is 0 Å². The van der Waals surface area contributed by atoms with Crippen LogP contribution in [0.1, 0.15) is 60.9 Å². The van der Waals surface area contributed by atoms with Crippen molar-refractivity contribution in [3.8, 4) is 0 Å². The summed E-state index contributed by atoms with van der Waals surface area (Å²) in [5.74, 6) is -0.109. The number of carbonyl (C=O) groups is 2. The zero-order valence-corrected chi connectivity index (χ0v) is 16.9. The summed E-state index contributed by atoms with van der Waals surface area (Å²) in [4.78, 5) is 30.9. The van der Waals surface area contributed by atoms with Gasteiger partial charge in [-0.1, -0.05) is 30.3 Å². The largest absolute Gasteiger partial charge is 0.441 e. The molecule has 6 nitrogen and oxygen atoms in total. The smallest absolute Gasteiger partial charge is 0.411 e. The molecule has 28 heavy (non-hydrogen) atoms. The highest BCUT2D eigenvalue weighted by molar-refractivity contribution is 7.11. The Morgan fingerprint density at radius 3 is 2.57 bits per heavy atom. The molecule has 0 radical (unpaired) electrons. The molecule has 2 aliphatic rings. The first-order valence-corrected chi connectivity index (χ1v) is 10.6. The van der Waals surface area contributed by atoms with Crippen LogP contribution in [0, 0.1) is 0 Å². The summed E-state index contributed by atoms with van der Waals surface area (Å²) in [6, 6.07) is 10.2. The molecule has 2 aromatic rings. The van der Waals surface area contributed by atoms with Gasteiger partial charge in [0.15, 0.2) is 5.01 Å². The van der Waals surface area contributed by atoms with E-state index in [0.29, 0.717) is 5.01 Å². The predicted octanol–water partition coefficient (Wildman–Crippen LogP) is 4.16. The molecule has 1 atom stereocenters. The van der Waals surface area contributed by atoms with Crippen LogP contribution in [-0.4, -0.2) is 39.6 Å². The second-order valence-corrected chi connectivity index (χ2v) is 8.90. The predicted molar refractivity (Wildman–Crippen MR) is 107 cm³/mol. The minimum atomic E-state index is -0.575. The average Bonchev–Trinajstić information content (AvgIpc) is 3.29. The van der Waals surface area contributed by atoms with Gasteiger partial charge in [-0.05, 0) is 45.1 Å². The minimum absolute atomic E-state index is 0.104. The normalized spacial score (nSPS) is 26.7. The molecule has 1 saturated carbocycles. The summed E-state index contributed by atoms with van der Waals surface area (Å²) in [5, 5.41) is 5.38. The molecule has 1 aliphatic heterocycles. The van der Waals surface area contributed by atoms with E-state index in [1.165, 1.54) is 11.3 Å². The number of benzene rings is 1. The van der Waals surface area contributed by atoms with Gasteiger partial charge in [0.05, 0.1) is 6.04 Å². The third kappa shape index (κ3) is 3.63. The highest BCUT2D eigenvalue weighted by Crippen LogP contribution is 2.44. The number of thiazole rings is 1. The first-order valence-electron chi connectivity index (χ1n) is 9.72. The van der Waals surface area contributed by atoms with E-state index >= 15 is 0 Å². The van der Waals surface area contributed by atoms with E-state index in [-0.39, 0.29) is 30.1 Å².